The molecule has 0 radical (unpaired) electrons. The highest BCUT2D eigenvalue weighted by molar-refractivity contribution is 5.84. The van der Waals surface area contributed by atoms with Crippen molar-refractivity contribution in [2.75, 3.05) is 25.0 Å². The summed E-state index contributed by atoms with van der Waals surface area (Å²) in [5.74, 6) is -0.296. The lowest BCUT2D eigenvalue weighted by atomic mass is 10.1. The Hall–Kier alpha value is -1.49. The van der Waals surface area contributed by atoms with Gasteiger partial charge in [0.15, 0.2) is 5.88 Å². The lowest BCUT2D eigenvalue weighted by Gasteiger charge is -2.25. The van der Waals surface area contributed by atoms with Gasteiger partial charge < -0.3 is 14.4 Å². The van der Waals surface area contributed by atoms with Crippen molar-refractivity contribution >= 4 is 11.9 Å². The summed E-state index contributed by atoms with van der Waals surface area (Å²) in [5, 5.41) is 8.88. The van der Waals surface area contributed by atoms with Gasteiger partial charge in [0.05, 0.1) is 0 Å². The lowest BCUT2D eigenvalue weighted by molar-refractivity contribution is 0.0663. The Kier molecular flexibility index (Phi) is 2.78. The van der Waals surface area contributed by atoms with E-state index in [-0.39, 0.29) is 5.76 Å². The Labute approximate surface area is 106 Å². The predicted molar refractivity (Wildman–Crippen MR) is 67.1 cm³/mol. The summed E-state index contributed by atoms with van der Waals surface area (Å²) in [7, 11) is 2.19. The van der Waals surface area contributed by atoms with Crippen LogP contribution in [0.25, 0.3) is 0 Å². The molecule has 1 aromatic heterocycles. The second kappa shape index (κ2) is 4.31. The van der Waals surface area contributed by atoms with Gasteiger partial charge in [-0.3, -0.25) is 4.90 Å². The molecule has 1 N–H and O–H groups in total. The molecule has 0 aromatic carbocycles. The van der Waals surface area contributed by atoms with Gasteiger partial charge in [-0.25, -0.2) is 4.79 Å². The van der Waals surface area contributed by atoms with E-state index in [0.717, 1.165) is 19.5 Å². The molecule has 2 bridgehead atoms. The molecule has 3 rings (SSSR count). The number of nitrogens with zero attached hydrogens (tertiary/aromatic N) is 2. The van der Waals surface area contributed by atoms with E-state index in [2.05, 4.69) is 16.8 Å². The zero-order valence-electron chi connectivity index (χ0n) is 10.5. The molecule has 2 aliphatic heterocycles. The fourth-order valence-electron chi connectivity index (χ4n) is 3.12. The normalized spacial score (nSPS) is 28.4. The molecule has 0 saturated carbocycles. The van der Waals surface area contributed by atoms with Gasteiger partial charge in [0, 0.05) is 31.2 Å². The van der Waals surface area contributed by atoms with Gasteiger partial charge in [0.25, 0.3) is 0 Å². The molecule has 1 aromatic rings. The van der Waals surface area contributed by atoms with E-state index in [0.29, 0.717) is 18.0 Å². The van der Waals surface area contributed by atoms with E-state index >= 15 is 0 Å². The molecule has 2 fully saturated rings. The number of rotatable bonds is 2. The third-order valence-electron chi connectivity index (χ3n) is 4.26. The number of hydrogen-bond donors (Lipinski definition) is 1. The van der Waals surface area contributed by atoms with Gasteiger partial charge in [0.1, 0.15) is 0 Å². The maximum Gasteiger partial charge on any atom is 0.371 e. The Morgan fingerprint density at radius 1 is 1.33 bits per heavy atom. The van der Waals surface area contributed by atoms with Crippen molar-refractivity contribution < 1.29 is 14.3 Å². The molecule has 2 aliphatic rings. The topological polar surface area (TPSA) is 56.9 Å². The van der Waals surface area contributed by atoms with Crippen LogP contribution in [0, 0.1) is 0 Å². The summed E-state index contributed by atoms with van der Waals surface area (Å²) in [6.45, 7) is 1.87. The van der Waals surface area contributed by atoms with Crippen LogP contribution in [0.5, 0.6) is 0 Å². The zero-order valence-corrected chi connectivity index (χ0v) is 10.5. The largest absolute Gasteiger partial charge is 0.475 e. The van der Waals surface area contributed by atoms with Crippen LogP contribution in [0.15, 0.2) is 16.5 Å². The quantitative estimate of drug-likeness (QED) is 0.865. The molecule has 2 unspecified atom stereocenters. The first kappa shape index (κ1) is 11.6. The Bertz CT molecular complexity index is 457. The maximum absolute atomic E-state index is 10.8. The van der Waals surface area contributed by atoms with Crippen LogP contribution in [0.2, 0.25) is 0 Å². The van der Waals surface area contributed by atoms with Crippen molar-refractivity contribution in [2.24, 2.45) is 0 Å². The van der Waals surface area contributed by atoms with Crippen molar-refractivity contribution in [1.29, 1.82) is 0 Å². The molecule has 2 saturated heterocycles. The predicted octanol–water partition coefficient (Wildman–Crippen LogP) is 1.65. The monoisotopic (exact) mass is 250 g/mol. The maximum atomic E-state index is 10.8. The molecule has 2 atom stereocenters. The van der Waals surface area contributed by atoms with Gasteiger partial charge in [-0.05, 0) is 32.4 Å². The molecular weight excluding hydrogens is 232 g/mol. The van der Waals surface area contributed by atoms with Crippen molar-refractivity contribution in [2.45, 2.75) is 31.3 Å². The summed E-state index contributed by atoms with van der Waals surface area (Å²) in [5.41, 5.74) is 0. The van der Waals surface area contributed by atoms with Crippen LogP contribution >= 0.6 is 0 Å². The summed E-state index contributed by atoms with van der Waals surface area (Å²) in [6, 6.07) is 4.54. The third kappa shape index (κ3) is 1.88. The smallest absolute Gasteiger partial charge is 0.371 e. The Morgan fingerprint density at radius 3 is 2.83 bits per heavy atom. The zero-order chi connectivity index (χ0) is 12.7. The molecule has 5 nitrogen and oxygen atoms in total. The van der Waals surface area contributed by atoms with Crippen molar-refractivity contribution in [3.05, 3.63) is 17.9 Å². The highest BCUT2D eigenvalue weighted by Crippen LogP contribution is 2.31. The van der Waals surface area contributed by atoms with E-state index < -0.39 is 5.97 Å². The van der Waals surface area contributed by atoms with Crippen molar-refractivity contribution in [3.63, 3.8) is 0 Å². The summed E-state index contributed by atoms with van der Waals surface area (Å²) in [4.78, 5) is 15.5. The standard InChI is InChI=1S/C13H18N2O3/c1-14-9-2-3-10(14)8-15(7-6-9)12-5-4-11(18-12)13(16)17/h4-5,9-10H,2-3,6-8H2,1H3,(H,16,17). The second-order valence-corrected chi connectivity index (χ2v) is 5.23. The Balaban J connectivity index is 1.78. The highest BCUT2D eigenvalue weighted by atomic mass is 16.4. The van der Waals surface area contributed by atoms with Crippen LogP contribution in [0.1, 0.15) is 29.8 Å². The highest BCUT2D eigenvalue weighted by Gasteiger charge is 2.35. The summed E-state index contributed by atoms with van der Waals surface area (Å²) >= 11 is 0. The fourth-order valence-corrected chi connectivity index (χ4v) is 3.12. The number of carboxylic acids is 1. The van der Waals surface area contributed by atoms with E-state index in [1.807, 2.05) is 0 Å². The Morgan fingerprint density at radius 2 is 2.11 bits per heavy atom. The van der Waals surface area contributed by atoms with Gasteiger partial charge >= 0.3 is 5.97 Å². The average molecular weight is 250 g/mol. The number of likely N-dealkylation sites (N-methyl/N-ethyl adjacent to an activating group) is 1. The summed E-state index contributed by atoms with van der Waals surface area (Å²) in [6.07, 6.45) is 3.63. The SMILES string of the molecule is CN1C2CCC1CN(c1ccc(C(=O)O)o1)CC2. The number of carbonyl (C=O) groups is 1. The van der Waals surface area contributed by atoms with E-state index in [1.54, 1.807) is 6.07 Å². The lowest BCUT2D eigenvalue weighted by Crippen LogP contribution is -2.36. The second-order valence-electron chi connectivity index (χ2n) is 5.23. The number of carboxylic acid groups (broad SMARTS) is 1. The number of anilines is 1. The third-order valence-corrected chi connectivity index (χ3v) is 4.26. The fraction of sp³-hybridized carbons (Fsp3) is 0.615. The van der Waals surface area contributed by atoms with E-state index in [1.165, 1.54) is 18.9 Å². The van der Waals surface area contributed by atoms with Crippen LogP contribution in [-0.4, -0.2) is 48.2 Å². The number of aromatic carboxylic acids is 1. The molecule has 0 amide bonds. The minimum Gasteiger partial charge on any atom is -0.475 e. The minimum absolute atomic E-state index is 0.0211. The van der Waals surface area contributed by atoms with Gasteiger partial charge in [0.2, 0.25) is 5.76 Å². The first-order valence-electron chi connectivity index (χ1n) is 6.45. The number of fused-ring (bicyclic) bond motifs is 2. The number of furan rings is 1. The summed E-state index contributed by atoms with van der Waals surface area (Å²) < 4.78 is 5.39. The van der Waals surface area contributed by atoms with Gasteiger partial charge in [-0.15, -0.1) is 0 Å². The van der Waals surface area contributed by atoms with E-state index in [4.69, 9.17) is 9.52 Å². The van der Waals surface area contributed by atoms with Gasteiger partial charge in [-0.2, -0.15) is 0 Å². The van der Waals surface area contributed by atoms with Crippen molar-refractivity contribution in [1.82, 2.24) is 4.90 Å². The molecule has 0 spiro atoms. The van der Waals surface area contributed by atoms with Gasteiger partial charge in [-0.1, -0.05) is 0 Å². The van der Waals surface area contributed by atoms with Crippen LogP contribution < -0.4 is 4.90 Å². The molecular formula is C13H18N2O3. The molecule has 0 aliphatic carbocycles. The molecule has 3 heterocycles. The first-order chi connectivity index (χ1) is 8.65. The van der Waals surface area contributed by atoms with Crippen molar-refractivity contribution in [3.8, 4) is 0 Å². The van der Waals surface area contributed by atoms with Crippen LogP contribution in [-0.2, 0) is 0 Å². The van der Waals surface area contributed by atoms with Crippen LogP contribution in [0.3, 0.4) is 0 Å². The van der Waals surface area contributed by atoms with Crippen LogP contribution in [0.4, 0.5) is 5.88 Å². The first-order valence-corrected chi connectivity index (χ1v) is 6.45. The minimum atomic E-state index is -1.00. The average Bonchev–Trinajstić information content (AvgIpc) is 2.86. The van der Waals surface area contributed by atoms with E-state index in [9.17, 15) is 4.79 Å². The molecule has 98 valence electrons. The molecule has 5 heteroatoms. The number of hydrogen-bond acceptors (Lipinski definition) is 4. The molecule has 18 heavy (non-hydrogen) atoms.